The number of nitrogens with zero attached hydrogens (tertiary/aromatic N) is 1. The first-order valence-electron chi connectivity index (χ1n) is 10.6. The predicted molar refractivity (Wildman–Crippen MR) is 121 cm³/mol. The lowest BCUT2D eigenvalue weighted by Crippen LogP contribution is -2.38. The molecule has 0 saturated heterocycles. The Balaban J connectivity index is 0.00000160. The number of rotatable bonds is 5. The summed E-state index contributed by atoms with van der Waals surface area (Å²) < 4.78 is 0. The molecule has 2 atom stereocenters. The Morgan fingerprint density at radius 2 is 2.04 bits per heavy atom. The third-order valence-electron chi connectivity index (χ3n) is 6.08. The first-order valence-corrected chi connectivity index (χ1v) is 10.6. The molecule has 0 radical (unpaired) electrons. The highest BCUT2D eigenvalue weighted by Crippen LogP contribution is 2.36. The van der Waals surface area contributed by atoms with Crippen LogP contribution in [-0.2, 0) is 17.6 Å². The highest BCUT2D eigenvalue weighted by Gasteiger charge is 2.27. The highest BCUT2D eigenvalue weighted by molar-refractivity contribution is 5.76. The first kappa shape index (κ1) is 18.9. The fourth-order valence-electron chi connectivity index (χ4n) is 4.87. The van der Waals surface area contributed by atoms with E-state index in [1.165, 1.54) is 39.9 Å². The standard InChI is InChI=1S/C25H30N2O.3H2/c1-17-13-18(2)15-19(14-17)9-10-24(28)27-22-7-3-6-21(16-22)25-23-8-4-5-20(23)11-12-26-25;;;/h4,8,11-15,21-22H,3,5-7,9-10,16H2,1-2H3,(H,27,28);3*1H/t21?,22-;;;/m1.../s1. The van der Waals surface area contributed by atoms with Gasteiger partial charge in [0.05, 0.1) is 5.69 Å². The van der Waals surface area contributed by atoms with Gasteiger partial charge in [-0.25, -0.2) is 0 Å². The van der Waals surface area contributed by atoms with Gasteiger partial charge in [0.2, 0.25) is 5.91 Å². The third kappa shape index (κ3) is 4.35. The van der Waals surface area contributed by atoms with E-state index in [0.717, 1.165) is 32.1 Å². The maximum Gasteiger partial charge on any atom is 0.220 e. The lowest BCUT2D eigenvalue weighted by atomic mass is 9.81. The van der Waals surface area contributed by atoms with Crippen LogP contribution in [0.2, 0.25) is 0 Å². The zero-order valence-corrected chi connectivity index (χ0v) is 17.0. The molecule has 1 heterocycles. The Morgan fingerprint density at radius 3 is 2.86 bits per heavy atom. The van der Waals surface area contributed by atoms with Crippen molar-refractivity contribution in [2.24, 2.45) is 0 Å². The minimum atomic E-state index is 0. The summed E-state index contributed by atoms with van der Waals surface area (Å²) in [5.41, 5.74) is 7.74. The second-order valence-corrected chi connectivity index (χ2v) is 8.50. The molecule has 152 valence electrons. The summed E-state index contributed by atoms with van der Waals surface area (Å²) in [5.74, 6) is 0.632. The van der Waals surface area contributed by atoms with Crippen molar-refractivity contribution in [2.45, 2.75) is 70.8 Å². The van der Waals surface area contributed by atoms with E-state index < -0.39 is 0 Å². The van der Waals surface area contributed by atoms with Crippen LogP contribution in [0.1, 0.15) is 75.8 Å². The van der Waals surface area contributed by atoms with Gasteiger partial charge in [-0.05, 0) is 68.7 Å². The molecule has 4 rings (SSSR count). The van der Waals surface area contributed by atoms with Crippen LogP contribution in [0, 0.1) is 13.8 Å². The summed E-state index contributed by atoms with van der Waals surface area (Å²) in [6, 6.07) is 8.95. The number of fused-ring (bicyclic) bond motifs is 1. The number of benzene rings is 1. The van der Waals surface area contributed by atoms with Gasteiger partial charge in [-0.3, -0.25) is 9.78 Å². The van der Waals surface area contributed by atoms with Gasteiger partial charge in [-0.1, -0.05) is 47.9 Å². The molecule has 28 heavy (non-hydrogen) atoms. The molecular formula is C25H36N2O. The van der Waals surface area contributed by atoms with Crippen molar-refractivity contribution in [3.05, 3.63) is 70.0 Å². The van der Waals surface area contributed by atoms with E-state index in [0.29, 0.717) is 12.3 Å². The molecule has 0 bridgehead atoms. The molecule has 1 saturated carbocycles. The summed E-state index contributed by atoms with van der Waals surface area (Å²) in [6.45, 7) is 4.23. The van der Waals surface area contributed by atoms with Crippen LogP contribution in [0.3, 0.4) is 0 Å². The molecule has 1 aromatic heterocycles. The maximum atomic E-state index is 12.5. The normalized spacial score (nSPS) is 20.8. The van der Waals surface area contributed by atoms with Gasteiger partial charge in [0.15, 0.2) is 0 Å². The second kappa shape index (κ2) is 8.30. The number of hydrogen-bond donors (Lipinski definition) is 1. The van der Waals surface area contributed by atoms with Crippen LogP contribution in [0.4, 0.5) is 0 Å². The van der Waals surface area contributed by atoms with Gasteiger partial charge in [0.1, 0.15) is 0 Å². The van der Waals surface area contributed by atoms with E-state index in [1.54, 1.807) is 0 Å². The van der Waals surface area contributed by atoms with Gasteiger partial charge in [0.25, 0.3) is 0 Å². The van der Waals surface area contributed by atoms with Crippen LogP contribution < -0.4 is 5.32 Å². The van der Waals surface area contributed by atoms with Gasteiger partial charge < -0.3 is 5.32 Å². The van der Waals surface area contributed by atoms with Crippen LogP contribution in [0.25, 0.3) is 6.08 Å². The summed E-state index contributed by atoms with van der Waals surface area (Å²) in [4.78, 5) is 17.3. The number of allylic oxidation sites excluding steroid dienone is 1. The van der Waals surface area contributed by atoms with E-state index in [4.69, 9.17) is 4.98 Å². The second-order valence-electron chi connectivity index (χ2n) is 8.50. The SMILES string of the molecule is Cc1cc(C)cc(CCC(=O)N[C@@H]2CCCC(c3nccc4c3C=CC4)C2)c1.[HH].[HH].[HH]. The zero-order chi connectivity index (χ0) is 19.5. The summed E-state index contributed by atoms with van der Waals surface area (Å²) in [6.07, 6.45) is 13.2. The van der Waals surface area contributed by atoms with E-state index in [1.807, 2.05) is 6.20 Å². The number of amides is 1. The Kier molecular flexibility index (Phi) is 5.61. The number of carbonyl (C=O) groups is 1. The molecule has 2 aromatic rings. The number of nitrogens with one attached hydrogen (secondary N) is 1. The molecule has 3 heteroatoms. The fraction of sp³-hybridized carbons (Fsp3) is 0.440. The molecule has 2 aliphatic rings. The number of aryl methyl sites for hydroxylation is 3. The lowest BCUT2D eigenvalue weighted by Gasteiger charge is -2.30. The zero-order valence-electron chi connectivity index (χ0n) is 17.0. The molecule has 1 aromatic carbocycles. The fourth-order valence-corrected chi connectivity index (χ4v) is 4.87. The van der Waals surface area contributed by atoms with E-state index in [-0.39, 0.29) is 16.2 Å². The van der Waals surface area contributed by atoms with Crippen molar-refractivity contribution in [3.63, 3.8) is 0 Å². The molecule has 1 amide bonds. The Labute approximate surface area is 172 Å². The summed E-state index contributed by atoms with van der Waals surface area (Å²) in [5, 5.41) is 3.30. The molecule has 2 aliphatic carbocycles. The minimum Gasteiger partial charge on any atom is -0.353 e. The minimum absolute atomic E-state index is 0. The topological polar surface area (TPSA) is 42.0 Å². The molecule has 0 aliphatic heterocycles. The number of carbonyl (C=O) groups excluding carboxylic acids is 1. The lowest BCUT2D eigenvalue weighted by molar-refractivity contribution is -0.122. The molecule has 1 unspecified atom stereocenters. The average Bonchev–Trinajstić information content (AvgIpc) is 3.15. The van der Waals surface area contributed by atoms with E-state index in [9.17, 15) is 4.79 Å². The largest absolute Gasteiger partial charge is 0.353 e. The van der Waals surface area contributed by atoms with Gasteiger partial charge >= 0.3 is 0 Å². The number of aromatic nitrogens is 1. The summed E-state index contributed by atoms with van der Waals surface area (Å²) in [7, 11) is 0. The third-order valence-corrected chi connectivity index (χ3v) is 6.08. The maximum absolute atomic E-state index is 12.5. The Morgan fingerprint density at radius 1 is 1.21 bits per heavy atom. The Hall–Kier alpha value is -2.42. The van der Waals surface area contributed by atoms with Crippen LogP contribution in [0.5, 0.6) is 0 Å². The van der Waals surface area contributed by atoms with E-state index >= 15 is 0 Å². The van der Waals surface area contributed by atoms with E-state index in [2.05, 4.69) is 55.6 Å². The smallest absolute Gasteiger partial charge is 0.220 e. The first-order chi connectivity index (χ1) is 13.6. The quantitative estimate of drug-likeness (QED) is 0.714. The van der Waals surface area contributed by atoms with Gasteiger partial charge in [0, 0.05) is 28.9 Å². The number of pyridine rings is 1. The van der Waals surface area contributed by atoms with Crippen molar-refractivity contribution in [1.82, 2.24) is 10.3 Å². The van der Waals surface area contributed by atoms with Gasteiger partial charge in [-0.15, -0.1) is 0 Å². The highest BCUT2D eigenvalue weighted by atomic mass is 16.1. The Bertz CT molecular complexity index is 893. The van der Waals surface area contributed by atoms with Crippen molar-refractivity contribution >= 4 is 12.0 Å². The van der Waals surface area contributed by atoms with Crippen molar-refractivity contribution < 1.29 is 9.07 Å². The average molecular weight is 381 g/mol. The van der Waals surface area contributed by atoms with Crippen molar-refractivity contribution in [1.29, 1.82) is 0 Å². The molecule has 3 nitrogen and oxygen atoms in total. The summed E-state index contributed by atoms with van der Waals surface area (Å²) >= 11 is 0. The van der Waals surface area contributed by atoms with Crippen LogP contribution in [-0.4, -0.2) is 16.9 Å². The monoisotopic (exact) mass is 380 g/mol. The molecule has 1 fully saturated rings. The molecular weight excluding hydrogens is 344 g/mol. The van der Waals surface area contributed by atoms with Crippen LogP contribution >= 0.6 is 0 Å². The van der Waals surface area contributed by atoms with Crippen molar-refractivity contribution in [3.8, 4) is 0 Å². The van der Waals surface area contributed by atoms with Gasteiger partial charge in [-0.2, -0.15) is 0 Å². The molecule has 1 N–H and O–H groups in total. The number of hydrogen-bond acceptors (Lipinski definition) is 2. The predicted octanol–water partition coefficient (Wildman–Crippen LogP) is 5.78. The molecule has 0 spiro atoms. The van der Waals surface area contributed by atoms with Crippen molar-refractivity contribution in [2.75, 3.05) is 0 Å². The van der Waals surface area contributed by atoms with Crippen LogP contribution in [0.15, 0.2) is 36.5 Å².